The van der Waals surface area contributed by atoms with Crippen molar-refractivity contribution in [3.63, 3.8) is 0 Å². The van der Waals surface area contributed by atoms with Gasteiger partial charge in [-0.15, -0.1) is 0 Å². The summed E-state index contributed by atoms with van der Waals surface area (Å²) in [5.74, 6) is 0.713. The average molecular weight is 231 g/mol. The first-order valence-corrected chi connectivity index (χ1v) is 7.01. The molecule has 0 bridgehead atoms. The van der Waals surface area contributed by atoms with E-state index in [1.165, 1.54) is 24.8 Å². The minimum atomic E-state index is 0.364. The van der Waals surface area contributed by atoms with E-state index in [1.54, 1.807) is 11.1 Å². The van der Waals surface area contributed by atoms with Crippen LogP contribution < -0.4 is 5.73 Å². The van der Waals surface area contributed by atoms with E-state index in [-0.39, 0.29) is 0 Å². The fourth-order valence-corrected chi connectivity index (χ4v) is 2.86. The minimum absolute atomic E-state index is 0.364. The molecule has 2 N–H and O–H groups in total. The van der Waals surface area contributed by atoms with Crippen molar-refractivity contribution in [3.05, 3.63) is 34.9 Å². The van der Waals surface area contributed by atoms with Gasteiger partial charge in [0.15, 0.2) is 0 Å². The van der Waals surface area contributed by atoms with Gasteiger partial charge in [-0.3, -0.25) is 0 Å². The van der Waals surface area contributed by atoms with Crippen molar-refractivity contribution in [1.29, 1.82) is 0 Å². The molecule has 1 atom stereocenters. The number of rotatable bonds is 5. The van der Waals surface area contributed by atoms with Crippen LogP contribution in [0.2, 0.25) is 0 Å². The van der Waals surface area contributed by atoms with Gasteiger partial charge in [-0.25, -0.2) is 0 Å². The Morgan fingerprint density at radius 3 is 2.71 bits per heavy atom. The highest BCUT2D eigenvalue weighted by Crippen LogP contribution is 2.23. The summed E-state index contributed by atoms with van der Waals surface area (Å²) in [6, 6.07) is 7.39. The molecule has 0 aromatic heterocycles. The van der Waals surface area contributed by atoms with E-state index >= 15 is 0 Å². The Morgan fingerprint density at radius 1 is 1.18 bits per heavy atom. The molecule has 1 heteroatoms. The van der Waals surface area contributed by atoms with Crippen LogP contribution in [-0.4, -0.2) is 6.04 Å². The molecule has 2 rings (SSSR count). The molecular weight excluding hydrogens is 206 g/mol. The van der Waals surface area contributed by atoms with Gasteiger partial charge >= 0.3 is 0 Å². The van der Waals surface area contributed by atoms with Gasteiger partial charge in [-0.1, -0.05) is 32.0 Å². The third-order valence-corrected chi connectivity index (χ3v) is 3.74. The molecule has 1 aromatic carbocycles. The fourth-order valence-electron chi connectivity index (χ4n) is 2.86. The van der Waals surface area contributed by atoms with E-state index < -0.39 is 0 Å². The smallest absolute Gasteiger partial charge is 0.00444 e. The maximum atomic E-state index is 6.14. The molecule has 17 heavy (non-hydrogen) atoms. The molecule has 0 spiro atoms. The zero-order valence-corrected chi connectivity index (χ0v) is 11.2. The van der Waals surface area contributed by atoms with Crippen LogP contribution in [0.5, 0.6) is 0 Å². The van der Waals surface area contributed by atoms with Crippen LogP contribution in [0.4, 0.5) is 0 Å². The van der Waals surface area contributed by atoms with Crippen molar-refractivity contribution in [2.24, 2.45) is 11.7 Å². The van der Waals surface area contributed by atoms with Crippen LogP contribution in [0.25, 0.3) is 0 Å². The van der Waals surface area contributed by atoms with E-state index in [0.717, 1.165) is 19.3 Å². The Kier molecular flexibility index (Phi) is 4.22. The summed E-state index contributed by atoms with van der Waals surface area (Å²) >= 11 is 0. The fraction of sp³-hybridized carbons (Fsp3) is 0.625. The number of hydrogen-bond donors (Lipinski definition) is 1. The molecule has 0 amide bonds. The van der Waals surface area contributed by atoms with E-state index in [9.17, 15) is 0 Å². The maximum Gasteiger partial charge on any atom is 0.00444 e. The SMILES string of the molecule is CC(C)CC(N)CCc1ccc2c(c1)CCC2. The largest absolute Gasteiger partial charge is 0.328 e. The number of nitrogens with two attached hydrogens (primary N) is 1. The van der Waals surface area contributed by atoms with Gasteiger partial charge in [0.05, 0.1) is 0 Å². The second-order valence-corrected chi connectivity index (χ2v) is 5.88. The van der Waals surface area contributed by atoms with Gasteiger partial charge < -0.3 is 5.73 Å². The lowest BCUT2D eigenvalue weighted by atomic mass is 9.97. The average Bonchev–Trinajstić information content (AvgIpc) is 2.72. The molecule has 0 saturated carbocycles. The van der Waals surface area contributed by atoms with Crippen molar-refractivity contribution in [2.45, 2.75) is 58.4 Å². The predicted octanol–water partition coefficient (Wildman–Crippen LogP) is 3.48. The van der Waals surface area contributed by atoms with Crippen molar-refractivity contribution in [1.82, 2.24) is 0 Å². The van der Waals surface area contributed by atoms with Crippen LogP contribution in [0.15, 0.2) is 18.2 Å². The van der Waals surface area contributed by atoms with E-state index in [2.05, 4.69) is 32.0 Å². The van der Waals surface area contributed by atoms with Crippen LogP contribution in [-0.2, 0) is 19.3 Å². The van der Waals surface area contributed by atoms with Crippen molar-refractivity contribution in [3.8, 4) is 0 Å². The Balaban J connectivity index is 1.87. The lowest BCUT2D eigenvalue weighted by Gasteiger charge is -2.14. The van der Waals surface area contributed by atoms with Gasteiger partial charge in [0.2, 0.25) is 0 Å². The molecule has 1 aliphatic rings. The second kappa shape index (κ2) is 5.68. The molecule has 0 heterocycles. The van der Waals surface area contributed by atoms with E-state index in [4.69, 9.17) is 5.73 Å². The summed E-state index contributed by atoms with van der Waals surface area (Å²) in [4.78, 5) is 0. The van der Waals surface area contributed by atoms with Gasteiger partial charge in [-0.05, 0) is 61.1 Å². The zero-order chi connectivity index (χ0) is 12.3. The van der Waals surface area contributed by atoms with Crippen LogP contribution in [0.3, 0.4) is 0 Å². The predicted molar refractivity (Wildman–Crippen MR) is 74.2 cm³/mol. The number of benzene rings is 1. The first-order valence-electron chi connectivity index (χ1n) is 7.01. The van der Waals surface area contributed by atoms with Gasteiger partial charge in [0.1, 0.15) is 0 Å². The minimum Gasteiger partial charge on any atom is -0.328 e. The number of aryl methyl sites for hydroxylation is 3. The Morgan fingerprint density at radius 2 is 1.94 bits per heavy atom. The normalized spacial score (nSPS) is 16.2. The summed E-state index contributed by atoms with van der Waals surface area (Å²) < 4.78 is 0. The highest BCUT2D eigenvalue weighted by atomic mass is 14.6. The summed E-state index contributed by atoms with van der Waals surface area (Å²) in [5.41, 5.74) is 10.8. The van der Waals surface area contributed by atoms with E-state index in [1.807, 2.05) is 0 Å². The molecule has 1 nitrogen and oxygen atoms in total. The lowest BCUT2D eigenvalue weighted by molar-refractivity contribution is 0.473. The molecule has 1 aromatic rings. The van der Waals surface area contributed by atoms with Crippen LogP contribution >= 0.6 is 0 Å². The van der Waals surface area contributed by atoms with Gasteiger partial charge in [-0.2, -0.15) is 0 Å². The molecule has 1 aliphatic carbocycles. The topological polar surface area (TPSA) is 26.0 Å². The monoisotopic (exact) mass is 231 g/mol. The molecule has 94 valence electrons. The maximum absolute atomic E-state index is 6.14. The Hall–Kier alpha value is -0.820. The third-order valence-electron chi connectivity index (χ3n) is 3.74. The van der Waals surface area contributed by atoms with Crippen molar-refractivity contribution >= 4 is 0 Å². The quantitative estimate of drug-likeness (QED) is 0.825. The molecular formula is C16H25N. The van der Waals surface area contributed by atoms with Crippen LogP contribution in [0.1, 0.15) is 49.8 Å². The van der Waals surface area contributed by atoms with Crippen LogP contribution in [0, 0.1) is 5.92 Å². The third kappa shape index (κ3) is 3.57. The zero-order valence-electron chi connectivity index (χ0n) is 11.2. The molecule has 1 unspecified atom stereocenters. The number of fused-ring (bicyclic) bond motifs is 1. The molecule has 0 aliphatic heterocycles. The molecule has 0 saturated heterocycles. The van der Waals surface area contributed by atoms with E-state index in [0.29, 0.717) is 12.0 Å². The standard InChI is InChI=1S/C16H25N/c1-12(2)10-16(17)9-7-13-6-8-14-4-3-5-15(14)11-13/h6,8,11-12,16H,3-5,7,9-10,17H2,1-2H3. The highest BCUT2D eigenvalue weighted by Gasteiger charge is 2.11. The molecule has 0 fully saturated rings. The number of hydrogen-bond acceptors (Lipinski definition) is 1. The first kappa shape index (κ1) is 12.6. The Bertz CT molecular complexity index is 368. The summed E-state index contributed by atoms with van der Waals surface area (Å²) in [6.07, 6.45) is 7.30. The van der Waals surface area contributed by atoms with Crippen molar-refractivity contribution < 1.29 is 0 Å². The van der Waals surface area contributed by atoms with Gasteiger partial charge in [0, 0.05) is 6.04 Å². The van der Waals surface area contributed by atoms with Gasteiger partial charge in [0.25, 0.3) is 0 Å². The highest BCUT2D eigenvalue weighted by molar-refractivity contribution is 5.35. The lowest BCUT2D eigenvalue weighted by Crippen LogP contribution is -2.22. The first-order chi connectivity index (χ1) is 8.15. The summed E-state index contributed by atoms with van der Waals surface area (Å²) in [6.45, 7) is 4.49. The van der Waals surface area contributed by atoms with Crippen molar-refractivity contribution in [2.75, 3.05) is 0 Å². The second-order valence-electron chi connectivity index (χ2n) is 5.88. The molecule has 0 radical (unpaired) electrons. The summed E-state index contributed by atoms with van der Waals surface area (Å²) in [5, 5.41) is 0. The summed E-state index contributed by atoms with van der Waals surface area (Å²) in [7, 11) is 0. The Labute approximate surface area is 105 Å².